The molecule has 1 heterocycles. The van der Waals surface area contributed by atoms with Gasteiger partial charge in [-0.3, -0.25) is 4.79 Å². The fourth-order valence-corrected chi connectivity index (χ4v) is 3.34. The van der Waals surface area contributed by atoms with Gasteiger partial charge >= 0.3 is 0 Å². The highest BCUT2D eigenvalue weighted by Gasteiger charge is 2.18. The number of hydrogen-bond donors (Lipinski definition) is 1. The minimum atomic E-state index is -0.200. The molecule has 0 saturated heterocycles. The van der Waals surface area contributed by atoms with Gasteiger partial charge in [0.2, 0.25) is 0 Å². The molecular weight excluding hydrogens is 340 g/mol. The van der Waals surface area contributed by atoms with Gasteiger partial charge in [-0.05, 0) is 35.9 Å². The van der Waals surface area contributed by atoms with E-state index in [1.54, 1.807) is 36.0 Å². The highest BCUT2D eigenvalue weighted by molar-refractivity contribution is 7.99. The Balaban J connectivity index is 1.86. The minimum absolute atomic E-state index is 0.0221. The number of phenolic OH excluding ortho intramolecular Hbond substituents is 1. The van der Waals surface area contributed by atoms with Gasteiger partial charge in [-0.1, -0.05) is 12.1 Å². The van der Waals surface area contributed by atoms with Crippen LogP contribution in [-0.4, -0.2) is 37.5 Å². The predicted octanol–water partition coefficient (Wildman–Crippen LogP) is 3.79. The van der Waals surface area contributed by atoms with Gasteiger partial charge in [0.15, 0.2) is 17.3 Å². The highest BCUT2D eigenvalue weighted by Crippen LogP contribution is 2.38. The van der Waals surface area contributed by atoms with E-state index >= 15 is 0 Å². The molecule has 2 aromatic rings. The van der Waals surface area contributed by atoms with Crippen LogP contribution in [-0.2, 0) is 0 Å². The van der Waals surface area contributed by atoms with Crippen LogP contribution in [0.25, 0.3) is 6.08 Å². The molecule has 0 bridgehead atoms. The van der Waals surface area contributed by atoms with Crippen molar-refractivity contribution in [3.63, 3.8) is 0 Å². The van der Waals surface area contributed by atoms with Crippen molar-refractivity contribution in [1.29, 1.82) is 0 Å². The summed E-state index contributed by atoms with van der Waals surface area (Å²) in [6.07, 6.45) is 3.08. The number of fused-ring (bicyclic) bond motifs is 1. The summed E-state index contributed by atoms with van der Waals surface area (Å²) >= 11 is 1.68. The van der Waals surface area contributed by atoms with Gasteiger partial charge in [-0.15, -0.1) is 11.8 Å². The van der Waals surface area contributed by atoms with Crippen LogP contribution in [0.1, 0.15) is 15.9 Å². The summed E-state index contributed by atoms with van der Waals surface area (Å²) in [5.74, 6) is 2.31. The number of thioether (sulfide) groups is 1. The number of carbonyl (C=O) groups excluding carboxylic acids is 1. The molecule has 1 aliphatic rings. The number of hydrogen-bond acceptors (Lipinski definition) is 6. The maximum atomic E-state index is 12.6. The zero-order chi connectivity index (χ0) is 17.8. The van der Waals surface area contributed by atoms with Crippen molar-refractivity contribution in [2.45, 2.75) is 4.90 Å². The second kappa shape index (κ2) is 7.53. The zero-order valence-electron chi connectivity index (χ0n) is 13.9. The van der Waals surface area contributed by atoms with E-state index in [0.29, 0.717) is 35.0 Å². The summed E-state index contributed by atoms with van der Waals surface area (Å²) in [5.41, 5.74) is 1.13. The van der Waals surface area contributed by atoms with Crippen LogP contribution in [0.15, 0.2) is 41.3 Å². The maximum absolute atomic E-state index is 12.6. The first-order valence-electron chi connectivity index (χ1n) is 7.69. The third-order valence-corrected chi connectivity index (χ3v) is 4.76. The summed E-state index contributed by atoms with van der Waals surface area (Å²) < 4.78 is 16.0. The van der Waals surface area contributed by atoms with Gasteiger partial charge in [0, 0.05) is 5.75 Å². The molecule has 2 aromatic carbocycles. The molecule has 0 unspecified atom stereocenters. The van der Waals surface area contributed by atoms with Crippen molar-refractivity contribution in [2.75, 3.05) is 26.6 Å². The Bertz CT molecular complexity index is 829. The van der Waals surface area contributed by atoms with Gasteiger partial charge in [0.05, 0.1) is 31.3 Å². The van der Waals surface area contributed by atoms with E-state index in [9.17, 15) is 9.90 Å². The van der Waals surface area contributed by atoms with Crippen LogP contribution >= 0.6 is 11.8 Å². The van der Waals surface area contributed by atoms with Gasteiger partial charge in [0.1, 0.15) is 11.5 Å². The number of ether oxygens (including phenoxy) is 3. The van der Waals surface area contributed by atoms with Crippen molar-refractivity contribution in [2.24, 2.45) is 0 Å². The van der Waals surface area contributed by atoms with E-state index in [2.05, 4.69) is 0 Å². The number of carbonyl (C=O) groups is 1. The lowest BCUT2D eigenvalue weighted by Crippen LogP contribution is -2.09. The average molecular weight is 358 g/mol. The van der Waals surface area contributed by atoms with Gasteiger partial charge in [0.25, 0.3) is 0 Å². The van der Waals surface area contributed by atoms with Crippen LogP contribution in [0.2, 0.25) is 0 Å². The molecule has 0 amide bonds. The van der Waals surface area contributed by atoms with Crippen LogP contribution in [0.3, 0.4) is 0 Å². The molecule has 0 aliphatic carbocycles. The molecule has 130 valence electrons. The van der Waals surface area contributed by atoms with E-state index in [0.717, 1.165) is 10.6 Å². The molecule has 0 fully saturated rings. The van der Waals surface area contributed by atoms with E-state index in [1.807, 2.05) is 6.07 Å². The number of aromatic hydroxyl groups is 1. The van der Waals surface area contributed by atoms with Gasteiger partial charge in [-0.25, -0.2) is 0 Å². The fraction of sp³-hybridized carbons (Fsp3) is 0.211. The lowest BCUT2D eigenvalue weighted by molar-refractivity contribution is 0.104. The van der Waals surface area contributed by atoms with Crippen LogP contribution in [0.4, 0.5) is 0 Å². The standard InChI is InChI=1S/C19H18O5S/c1-22-16-6-4-12(9-15(16)21)3-5-14(20)13-10-18-19(11-17(13)23-2)25-8-7-24-18/h3-6,9-11,21H,7-8H2,1-2H3. The number of rotatable bonds is 5. The smallest absolute Gasteiger partial charge is 0.189 e. The first-order valence-corrected chi connectivity index (χ1v) is 8.68. The molecule has 0 saturated carbocycles. The molecule has 1 aliphatic heterocycles. The van der Waals surface area contributed by atoms with E-state index < -0.39 is 0 Å². The molecule has 0 aromatic heterocycles. The molecule has 0 atom stereocenters. The third kappa shape index (κ3) is 3.74. The maximum Gasteiger partial charge on any atom is 0.189 e. The highest BCUT2D eigenvalue weighted by atomic mass is 32.2. The fourth-order valence-electron chi connectivity index (χ4n) is 2.50. The van der Waals surface area contributed by atoms with Crippen molar-refractivity contribution in [1.82, 2.24) is 0 Å². The Hall–Kier alpha value is -2.60. The van der Waals surface area contributed by atoms with Crippen LogP contribution in [0, 0.1) is 0 Å². The predicted molar refractivity (Wildman–Crippen MR) is 97.2 cm³/mol. The lowest BCUT2D eigenvalue weighted by Gasteiger charge is -2.18. The van der Waals surface area contributed by atoms with Crippen molar-refractivity contribution in [3.8, 4) is 23.0 Å². The van der Waals surface area contributed by atoms with E-state index in [4.69, 9.17) is 14.2 Å². The molecule has 1 N–H and O–H groups in total. The number of ketones is 1. The Morgan fingerprint density at radius 3 is 2.72 bits per heavy atom. The number of benzene rings is 2. The SMILES string of the molecule is COc1ccc(C=CC(=O)c2cc3c(cc2OC)SCCO3)cc1O. The summed E-state index contributed by atoms with van der Waals surface area (Å²) in [6.45, 7) is 0.624. The molecule has 5 nitrogen and oxygen atoms in total. The van der Waals surface area contributed by atoms with Crippen molar-refractivity contribution < 1.29 is 24.1 Å². The lowest BCUT2D eigenvalue weighted by atomic mass is 10.1. The summed E-state index contributed by atoms with van der Waals surface area (Å²) in [4.78, 5) is 13.6. The number of allylic oxidation sites excluding steroid dienone is 1. The Labute approximate surface area is 150 Å². The molecule has 25 heavy (non-hydrogen) atoms. The number of methoxy groups -OCH3 is 2. The quantitative estimate of drug-likeness (QED) is 0.648. The Morgan fingerprint density at radius 1 is 1.20 bits per heavy atom. The van der Waals surface area contributed by atoms with Crippen LogP contribution in [0.5, 0.6) is 23.0 Å². The summed E-state index contributed by atoms with van der Waals surface area (Å²) in [7, 11) is 3.02. The second-order valence-electron chi connectivity index (χ2n) is 5.33. The van der Waals surface area contributed by atoms with Gasteiger partial charge < -0.3 is 19.3 Å². The molecular formula is C19H18O5S. The summed E-state index contributed by atoms with van der Waals surface area (Å²) in [5, 5.41) is 9.81. The average Bonchev–Trinajstić information content (AvgIpc) is 2.65. The largest absolute Gasteiger partial charge is 0.504 e. The first-order chi connectivity index (χ1) is 12.1. The monoisotopic (exact) mass is 358 g/mol. The molecule has 6 heteroatoms. The minimum Gasteiger partial charge on any atom is -0.504 e. The summed E-state index contributed by atoms with van der Waals surface area (Å²) in [6, 6.07) is 8.49. The van der Waals surface area contributed by atoms with Crippen molar-refractivity contribution >= 4 is 23.6 Å². The molecule has 0 radical (unpaired) electrons. The van der Waals surface area contributed by atoms with Crippen LogP contribution < -0.4 is 14.2 Å². The van der Waals surface area contributed by atoms with E-state index in [1.165, 1.54) is 26.4 Å². The topological polar surface area (TPSA) is 65.0 Å². The second-order valence-corrected chi connectivity index (χ2v) is 6.46. The number of phenols is 1. The van der Waals surface area contributed by atoms with Crippen molar-refractivity contribution in [3.05, 3.63) is 47.5 Å². The molecule has 0 spiro atoms. The Kier molecular flexibility index (Phi) is 5.19. The third-order valence-electron chi connectivity index (χ3n) is 3.76. The normalized spacial score (nSPS) is 13.2. The van der Waals surface area contributed by atoms with E-state index in [-0.39, 0.29) is 11.5 Å². The molecule has 3 rings (SSSR count). The zero-order valence-corrected chi connectivity index (χ0v) is 14.8. The van der Waals surface area contributed by atoms with Gasteiger partial charge in [-0.2, -0.15) is 0 Å². The first kappa shape index (κ1) is 17.2. The Morgan fingerprint density at radius 2 is 2.00 bits per heavy atom.